The second-order valence-corrected chi connectivity index (χ2v) is 8.07. The average Bonchev–Trinajstić information content (AvgIpc) is 2.92. The normalized spacial score (nSPS) is 16.7. The van der Waals surface area contributed by atoms with E-state index in [4.69, 9.17) is 5.11 Å². The summed E-state index contributed by atoms with van der Waals surface area (Å²) >= 11 is 0. The van der Waals surface area contributed by atoms with Crippen LogP contribution in [0.15, 0.2) is 42.5 Å². The molecule has 1 heterocycles. The van der Waals surface area contributed by atoms with Gasteiger partial charge in [-0.25, -0.2) is 0 Å². The van der Waals surface area contributed by atoms with Crippen LogP contribution in [-0.2, 0) is 17.8 Å². The van der Waals surface area contributed by atoms with Crippen LogP contribution in [0.4, 0.5) is 0 Å². The van der Waals surface area contributed by atoms with Crippen LogP contribution in [0, 0.1) is 17.2 Å². The third-order valence-electron chi connectivity index (χ3n) is 5.65. The molecule has 0 bridgehead atoms. The third-order valence-corrected chi connectivity index (χ3v) is 5.65. The molecule has 5 nitrogen and oxygen atoms in total. The lowest BCUT2D eigenvalue weighted by molar-refractivity contribution is -0.141. The largest absolute Gasteiger partial charge is 0.481 e. The molecule has 0 radical (unpaired) electrons. The Morgan fingerprint density at radius 1 is 1.10 bits per heavy atom. The Bertz CT molecular complexity index is 886. The van der Waals surface area contributed by atoms with Crippen molar-refractivity contribution in [3.63, 3.8) is 0 Å². The van der Waals surface area contributed by atoms with Crippen LogP contribution in [0.5, 0.6) is 0 Å². The molecule has 29 heavy (non-hydrogen) atoms. The van der Waals surface area contributed by atoms with Crippen molar-refractivity contribution in [1.82, 2.24) is 9.80 Å². The molecule has 1 unspecified atom stereocenters. The molecule has 0 saturated carbocycles. The molecular formula is C24H29N3O2. The van der Waals surface area contributed by atoms with E-state index < -0.39 is 11.9 Å². The number of hydrogen-bond acceptors (Lipinski definition) is 4. The second kappa shape index (κ2) is 9.69. The van der Waals surface area contributed by atoms with Gasteiger partial charge in [0, 0.05) is 19.6 Å². The van der Waals surface area contributed by atoms with Gasteiger partial charge in [0.15, 0.2) is 0 Å². The molecule has 3 rings (SSSR count). The van der Waals surface area contributed by atoms with Crippen molar-refractivity contribution >= 4 is 5.97 Å². The number of rotatable bonds is 6. The third kappa shape index (κ3) is 5.66. The Morgan fingerprint density at radius 3 is 2.52 bits per heavy atom. The van der Waals surface area contributed by atoms with E-state index in [1.807, 2.05) is 36.4 Å². The van der Waals surface area contributed by atoms with E-state index in [1.165, 1.54) is 12.0 Å². The Morgan fingerprint density at radius 2 is 1.83 bits per heavy atom. The topological polar surface area (TPSA) is 67.6 Å². The number of benzene rings is 2. The van der Waals surface area contributed by atoms with Crippen molar-refractivity contribution in [2.24, 2.45) is 5.92 Å². The summed E-state index contributed by atoms with van der Waals surface area (Å²) in [5.74, 6) is -1.19. The van der Waals surface area contributed by atoms with Crippen molar-refractivity contribution in [2.75, 3.05) is 33.2 Å². The quantitative estimate of drug-likeness (QED) is 0.814. The lowest BCUT2D eigenvalue weighted by atomic mass is 9.95. The number of carboxylic acids is 1. The summed E-state index contributed by atoms with van der Waals surface area (Å²) in [5.41, 5.74) is 4.74. The smallest absolute Gasteiger partial charge is 0.306 e. The van der Waals surface area contributed by atoms with Gasteiger partial charge in [-0.2, -0.15) is 5.26 Å². The first-order valence-corrected chi connectivity index (χ1v) is 10.2. The van der Waals surface area contributed by atoms with Gasteiger partial charge in [0.1, 0.15) is 0 Å². The highest BCUT2D eigenvalue weighted by atomic mass is 16.4. The molecule has 1 atom stereocenters. The Hall–Kier alpha value is -2.68. The lowest BCUT2D eigenvalue weighted by Crippen LogP contribution is -2.28. The summed E-state index contributed by atoms with van der Waals surface area (Å²) in [6, 6.07) is 16.4. The molecule has 1 saturated heterocycles. The zero-order valence-electron chi connectivity index (χ0n) is 17.3. The number of hydrogen-bond donors (Lipinski definition) is 1. The maximum atomic E-state index is 11.0. The van der Waals surface area contributed by atoms with E-state index in [1.54, 1.807) is 6.92 Å². The van der Waals surface area contributed by atoms with Gasteiger partial charge in [-0.15, -0.1) is 0 Å². The molecule has 1 fully saturated rings. The van der Waals surface area contributed by atoms with Gasteiger partial charge < -0.3 is 10.0 Å². The highest BCUT2D eigenvalue weighted by molar-refractivity contribution is 5.72. The fourth-order valence-electron chi connectivity index (χ4n) is 3.81. The molecule has 0 amide bonds. The Labute approximate surface area is 173 Å². The molecule has 0 aromatic heterocycles. The molecule has 1 N–H and O–H groups in total. The number of likely N-dealkylation sites (N-methyl/N-ethyl adjacent to an activating group) is 1. The summed E-state index contributed by atoms with van der Waals surface area (Å²) in [5, 5.41) is 18.8. The second-order valence-electron chi connectivity index (χ2n) is 8.07. The number of carbonyl (C=O) groups is 1. The average molecular weight is 392 g/mol. The minimum atomic E-state index is -0.785. The molecule has 1 aliphatic heterocycles. The first-order valence-electron chi connectivity index (χ1n) is 10.2. The van der Waals surface area contributed by atoms with E-state index in [-0.39, 0.29) is 0 Å². The monoisotopic (exact) mass is 391 g/mol. The van der Waals surface area contributed by atoms with Gasteiger partial charge in [-0.05, 0) is 61.3 Å². The number of nitriles is 1. The first kappa shape index (κ1) is 21.0. The molecule has 5 heteroatoms. The standard InChI is InChI=1S/C24H29N3O2/c1-18(24(28)29)14-19-4-7-21(8-5-19)23-9-6-20(15-22(23)16-25)17-27-11-3-10-26(2)12-13-27/h4-9,15,18H,3,10-14,17H2,1-2H3,(H,28,29). The minimum absolute atomic E-state index is 0.409. The Kier molecular flexibility index (Phi) is 7.03. The van der Waals surface area contributed by atoms with Gasteiger partial charge >= 0.3 is 5.97 Å². The van der Waals surface area contributed by atoms with Crippen LogP contribution in [0.2, 0.25) is 0 Å². The molecule has 152 valence electrons. The molecule has 1 aliphatic rings. The predicted molar refractivity (Wildman–Crippen MR) is 114 cm³/mol. The van der Waals surface area contributed by atoms with Crippen molar-refractivity contribution in [3.8, 4) is 17.2 Å². The summed E-state index contributed by atoms with van der Waals surface area (Å²) in [6.07, 6.45) is 1.68. The molecular weight excluding hydrogens is 362 g/mol. The molecule has 0 spiro atoms. The van der Waals surface area contributed by atoms with Gasteiger partial charge in [0.25, 0.3) is 0 Å². The molecule has 2 aromatic carbocycles. The van der Waals surface area contributed by atoms with E-state index >= 15 is 0 Å². The van der Waals surface area contributed by atoms with E-state index in [0.29, 0.717) is 12.0 Å². The SMILES string of the molecule is CC(Cc1ccc(-c2ccc(CN3CCCN(C)CC3)cc2C#N)cc1)C(=O)O. The van der Waals surface area contributed by atoms with Crippen LogP contribution in [0.1, 0.15) is 30.0 Å². The van der Waals surface area contributed by atoms with Crippen molar-refractivity contribution in [2.45, 2.75) is 26.3 Å². The molecule has 0 aliphatic carbocycles. The summed E-state index contributed by atoms with van der Waals surface area (Å²) in [6.45, 7) is 6.94. The number of aliphatic carboxylic acids is 1. The van der Waals surface area contributed by atoms with E-state index in [2.05, 4.69) is 29.0 Å². The maximum Gasteiger partial charge on any atom is 0.306 e. The van der Waals surface area contributed by atoms with Crippen molar-refractivity contribution in [3.05, 3.63) is 59.2 Å². The van der Waals surface area contributed by atoms with Crippen LogP contribution in [0.25, 0.3) is 11.1 Å². The van der Waals surface area contributed by atoms with Crippen LogP contribution in [0.3, 0.4) is 0 Å². The van der Waals surface area contributed by atoms with Crippen molar-refractivity contribution < 1.29 is 9.90 Å². The van der Waals surface area contributed by atoms with Gasteiger partial charge in [-0.1, -0.05) is 43.3 Å². The maximum absolute atomic E-state index is 11.0. The van der Waals surface area contributed by atoms with E-state index in [0.717, 1.165) is 49.4 Å². The number of carboxylic acid groups (broad SMARTS) is 1. The van der Waals surface area contributed by atoms with Crippen LogP contribution in [-0.4, -0.2) is 54.1 Å². The highest BCUT2D eigenvalue weighted by Crippen LogP contribution is 2.26. The summed E-state index contributed by atoms with van der Waals surface area (Å²) in [7, 11) is 2.17. The highest BCUT2D eigenvalue weighted by Gasteiger charge is 2.14. The van der Waals surface area contributed by atoms with Crippen LogP contribution < -0.4 is 0 Å². The van der Waals surface area contributed by atoms with Gasteiger partial charge in [0.2, 0.25) is 0 Å². The predicted octanol–water partition coefficient (Wildman–Crippen LogP) is 3.63. The van der Waals surface area contributed by atoms with Crippen LogP contribution >= 0.6 is 0 Å². The number of nitrogens with zero attached hydrogens (tertiary/aromatic N) is 3. The Balaban J connectivity index is 1.73. The minimum Gasteiger partial charge on any atom is -0.481 e. The lowest BCUT2D eigenvalue weighted by Gasteiger charge is -2.20. The van der Waals surface area contributed by atoms with E-state index in [9.17, 15) is 10.1 Å². The molecule has 2 aromatic rings. The fourth-order valence-corrected chi connectivity index (χ4v) is 3.81. The van der Waals surface area contributed by atoms with Crippen molar-refractivity contribution in [1.29, 1.82) is 5.26 Å². The summed E-state index contributed by atoms with van der Waals surface area (Å²) < 4.78 is 0. The summed E-state index contributed by atoms with van der Waals surface area (Å²) in [4.78, 5) is 15.9. The zero-order valence-corrected chi connectivity index (χ0v) is 17.3. The fraction of sp³-hybridized carbons (Fsp3) is 0.417. The van der Waals surface area contributed by atoms with Gasteiger partial charge in [-0.3, -0.25) is 9.69 Å². The first-order chi connectivity index (χ1) is 14.0. The zero-order chi connectivity index (χ0) is 20.8. The van der Waals surface area contributed by atoms with Gasteiger partial charge in [0.05, 0.1) is 17.6 Å².